The number of aliphatic hydroxyl groups excluding tert-OH is 2. The molecule has 1 aromatic rings. The molecule has 6 atom stereocenters. The Labute approximate surface area is 210 Å². The van der Waals surface area contributed by atoms with Gasteiger partial charge in [-0.3, -0.25) is 0 Å². The smallest absolute Gasteiger partial charge is 0.0840 e. The molecule has 3 saturated carbocycles. The van der Waals surface area contributed by atoms with E-state index in [1.165, 1.54) is 24.2 Å². The summed E-state index contributed by atoms with van der Waals surface area (Å²) in [5, 5.41) is 30.6. The summed E-state index contributed by atoms with van der Waals surface area (Å²) < 4.78 is 0. The van der Waals surface area contributed by atoms with Crippen LogP contribution in [0.1, 0.15) is 71.8 Å². The Morgan fingerprint density at radius 3 is 2.56 bits per heavy atom. The Morgan fingerprint density at radius 2 is 1.88 bits per heavy atom. The largest absolute Gasteiger partial charge is 0.388 e. The number of aliphatic hydroxyl groups is 3. The molecule has 0 aliphatic heterocycles. The highest BCUT2D eigenvalue weighted by Crippen LogP contribution is 2.61. The van der Waals surface area contributed by atoms with E-state index in [0.717, 1.165) is 29.2 Å². The van der Waals surface area contributed by atoms with Crippen molar-refractivity contribution in [2.75, 3.05) is 5.75 Å². The lowest BCUT2D eigenvalue weighted by Gasteiger charge is -2.35. The molecular weight excluding hydrogens is 440 g/mol. The van der Waals surface area contributed by atoms with E-state index in [4.69, 9.17) is 0 Å². The van der Waals surface area contributed by atoms with Crippen molar-refractivity contribution in [3.8, 4) is 0 Å². The van der Waals surface area contributed by atoms with Crippen LogP contribution < -0.4 is 0 Å². The standard InChI is InChI=1S/C30H42O3S/c1-19(18-34-24-8-6-7-23(17-24)29(3,4)33)25-11-12-26-22(13-14-30(25,26)5)10-9-21-15-27(31)20(2)28(32)16-21/h6-10,17,19,25-28,31-33H,2,11-16,18H2,1,3-5H3/b22-10+/t19-,25?,26?,27+,28+,30?/m0/s1. The highest BCUT2D eigenvalue weighted by molar-refractivity contribution is 7.99. The molecule has 3 nitrogen and oxygen atoms in total. The molecule has 3 N–H and O–H groups in total. The minimum atomic E-state index is -0.808. The summed E-state index contributed by atoms with van der Waals surface area (Å²) in [6, 6.07) is 8.35. The molecule has 3 aliphatic carbocycles. The van der Waals surface area contributed by atoms with Gasteiger partial charge in [-0.15, -0.1) is 11.8 Å². The predicted octanol–water partition coefficient (Wildman–Crippen LogP) is 6.39. The quantitative estimate of drug-likeness (QED) is 0.325. The van der Waals surface area contributed by atoms with Gasteiger partial charge in [0, 0.05) is 10.6 Å². The van der Waals surface area contributed by atoms with E-state index in [0.29, 0.717) is 35.7 Å². The summed E-state index contributed by atoms with van der Waals surface area (Å²) in [5.41, 5.74) is 3.76. The van der Waals surface area contributed by atoms with Crippen molar-refractivity contribution >= 4 is 11.8 Å². The molecule has 0 spiro atoms. The number of fused-ring (bicyclic) bond motifs is 1. The fourth-order valence-electron chi connectivity index (χ4n) is 6.69. The SMILES string of the molecule is C=C1[C@H](O)CC(=C/C=C2\CCC3(C)C2CCC3[C@@H](C)CSc2cccc(C(C)(C)O)c2)C[C@H]1O. The lowest BCUT2D eigenvalue weighted by molar-refractivity contribution is 0.0784. The van der Waals surface area contributed by atoms with Gasteiger partial charge in [0.2, 0.25) is 0 Å². The molecule has 3 aliphatic rings. The minimum absolute atomic E-state index is 0.360. The number of thioether (sulfide) groups is 1. The molecule has 3 unspecified atom stereocenters. The first kappa shape index (κ1) is 25.8. The average Bonchev–Trinajstić information content (AvgIpc) is 3.28. The second kappa shape index (κ2) is 9.97. The van der Waals surface area contributed by atoms with Crippen LogP contribution in [0.5, 0.6) is 0 Å². The zero-order valence-corrected chi connectivity index (χ0v) is 22.1. The molecular formula is C30H42O3S. The second-order valence-electron chi connectivity index (χ2n) is 11.7. The fourth-order valence-corrected chi connectivity index (χ4v) is 7.76. The van der Waals surface area contributed by atoms with Gasteiger partial charge in [-0.25, -0.2) is 0 Å². The lowest BCUT2D eigenvalue weighted by Crippen LogP contribution is -2.30. The maximum Gasteiger partial charge on any atom is 0.0840 e. The van der Waals surface area contributed by atoms with Gasteiger partial charge >= 0.3 is 0 Å². The van der Waals surface area contributed by atoms with Crippen molar-refractivity contribution < 1.29 is 15.3 Å². The van der Waals surface area contributed by atoms with Crippen molar-refractivity contribution in [3.05, 3.63) is 65.3 Å². The summed E-state index contributed by atoms with van der Waals surface area (Å²) in [6.45, 7) is 12.4. The predicted molar refractivity (Wildman–Crippen MR) is 142 cm³/mol. The van der Waals surface area contributed by atoms with Crippen molar-refractivity contribution in [2.45, 2.75) is 88.9 Å². The molecule has 0 radical (unpaired) electrons. The first-order valence-electron chi connectivity index (χ1n) is 12.9. The van der Waals surface area contributed by atoms with Crippen LogP contribution >= 0.6 is 11.8 Å². The summed E-state index contributed by atoms with van der Waals surface area (Å²) in [4.78, 5) is 1.24. The van der Waals surface area contributed by atoms with Crippen LogP contribution in [0.2, 0.25) is 0 Å². The fraction of sp³-hybridized carbons (Fsp3) is 0.600. The Morgan fingerprint density at radius 1 is 1.18 bits per heavy atom. The van der Waals surface area contributed by atoms with E-state index < -0.39 is 17.8 Å². The summed E-state index contributed by atoms with van der Waals surface area (Å²) in [5.74, 6) is 3.11. The number of allylic oxidation sites excluding steroid dienone is 3. The van der Waals surface area contributed by atoms with Gasteiger partial charge < -0.3 is 15.3 Å². The molecule has 0 bridgehead atoms. The van der Waals surface area contributed by atoms with Gasteiger partial charge in [0.25, 0.3) is 0 Å². The first-order chi connectivity index (χ1) is 16.0. The van der Waals surface area contributed by atoms with Crippen LogP contribution in [0.15, 0.2) is 64.6 Å². The maximum absolute atomic E-state index is 10.3. The molecule has 0 amide bonds. The van der Waals surface area contributed by atoms with Crippen molar-refractivity contribution in [1.82, 2.24) is 0 Å². The third-order valence-electron chi connectivity index (χ3n) is 8.85. The third-order valence-corrected chi connectivity index (χ3v) is 10.1. The molecule has 3 fully saturated rings. The van der Waals surface area contributed by atoms with Crippen LogP contribution in [0, 0.1) is 23.2 Å². The van der Waals surface area contributed by atoms with Gasteiger partial charge in [0.1, 0.15) is 0 Å². The Hall–Kier alpha value is -1.33. The van der Waals surface area contributed by atoms with Crippen molar-refractivity contribution in [3.63, 3.8) is 0 Å². The minimum Gasteiger partial charge on any atom is -0.388 e. The molecule has 1 aromatic carbocycles. The molecule has 0 saturated heterocycles. The van der Waals surface area contributed by atoms with Crippen LogP contribution in [0.3, 0.4) is 0 Å². The van der Waals surface area contributed by atoms with Crippen molar-refractivity contribution in [1.29, 1.82) is 0 Å². The van der Waals surface area contributed by atoms with Gasteiger partial charge in [0.15, 0.2) is 0 Å². The van der Waals surface area contributed by atoms with Gasteiger partial charge in [-0.05, 0) is 98.8 Å². The van der Waals surface area contributed by atoms with Crippen LogP contribution in [-0.2, 0) is 5.60 Å². The molecule has 0 aromatic heterocycles. The Kier molecular flexibility index (Phi) is 7.55. The summed E-state index contributed by atoms with van der Waals surface area (Å²) in [7, 11) is 0. The average molecular weight is 483 g/mol. The van der Waals surface area contributed by atoms with E-state index in [9.17, 15) is 15.3 Å². The zero-order chi connectivity index (χ0) is 24.7. The monoisotopic (exact) mass is 482 g/mol. The first-order valence-corrected chi connectivity index (χ1v) is 13.9. The number of hydrogen-bond donors (Lipinski definition) is 3. The molecule has 4 heteroatoms. The van der Waals surface area contributed by atoms with E-state index in [-0.39, 0.29) is 0 Å². The lowest BCUT2D eigenvalue weighted by atomic mass is 9.70. The Balaban J connectivity index is 1.40. The van der Waals surface area contributed by atoms with Crippen LogP contribution in [-0.4, -0.2) is 33.3 Å². The normalized spacial score (nSPS) is 33.9. The highest BCUT2D eigenvalue weighted by Gasteiger charge is 2.52. The molecule has 186 valence electrons. The summed E-state index contributed by atoms with van der Waals surface area (Å²) in [6.07, 6.45) is 9.38. The van der Waals surface area contributed by atoms with E-state index in [1.54, 1.807) is 5.57 Å². The Bertz CT molecular complexity index is 956. The topological polar surface area (TPSA) is 60.7 Å². The van der Waals surface area contributed by atoms with Crippen molar-refractivity contribution in [2.24, 2.45) is 23.2 Å². The molecule has 4 rings (SSSR count). The maximum atomic E-state index is 10.3. The van der Waals surface area contributed by atoms with Gasteiger partial charge in [-0.1, -0.05) is 55.9 Å². The molecule has 0 heterocycles. The summed E-state index contributed by atoms with van der Waals surface area (Å²) >= 11 is 1.92. The highest BCUT2D eigenvalue weighted by atomic mass is 32.2. The van der Waals surface area contributed by atoms with Crippen LogP contribution in [0.25, 0.3) is 0 Å². The van der Waals surface area contributed by atoms with Crippen LogP contribution in [0.4, 0.5) is 0 Å². The third kappa shape index (κ3) is 5.26. The van der Waals surface area contributed by atoms with E-state index in [2.05, 4.69) is 50.8 Å². The van der Waals surface area contributed by atoms with Gasteiger partial charge in [0.05, 0.1) is 17.8 Å². The second-order valence-corrected chi connectivity index (χ2v) is 12.8. The molecule has 34 heavy (non-hydrogen) atoms. The van der Waals surface area contributed by atoms with Gasteiger partial charge in [-0.2, -0.15) is 0 Å². The number of rotatable bonds is 6. The number of benzene rings is 1. The zero-order valence-electron chi connectivity index (χ0n) is 21.3. The van der Waals surface area contributed by atoms with E-state index >= 15 is 0 Å². The van der Waals surface area contributed by atoms with E-state index in [1.807, 2.05) is 31.7 Å². The number of hydrogen-bond acceptors (Lipinski definition) is 4.